The van der Waals surface area contributed by atoms with E-state index in [2.05, 4.69) is 5.32 Å². The summed E-state index contributed by atoms with van der Waals surface area (Å²) in [4.78, 5) is 22.2. The largest absolute Gasteiger partial charge is 0.480 e. The van der Waals surface area contributed by atoms with Crippen LogP contribution in [0, 0.1) is 0 Å². The number of rotatable bonds is 7. The van der Waals surface area contributed by atoms with Crippen LogP contribution in [0.5, 0.6) is 0 Å². The van der Waals surface area contributed by atoms with Crippen LogP contribution in [0.4, 0.5) is 0 Å². The summed E-state index contributed by atoms with van der Waals surface area (Å²) in [5.74, 6) is -1.45. The molecule has 0 aliphatic rings. The molecule has 0 spiro atoms. The van der Waals surface area contributed by atoms with E-state index in [1.807, 2.05) is 0 Å². The molecule has 0 saturated carbocycles. The summed E-state index contributed by atoms with van der Waals surface area (Å²) in [7, 11) is -3.23. The molecule has 0 radical (unpaired) electrons. The standard InChI is InChI=1S/C13H18N2O5S/c1-21(19,20)10-4-2-9(3-5-10)8-15-12(16)7-6-11(14)13(17)18/h2-5,11H,6-8,14H2,1H3,(H,15,16)(H,17,18). The molecule has 21 heavy (non-hydrogen) atoms. The second-order valence-corrected chi connectivity index (χ2v) is 6.69. The number of hydrogen-bond acceptors (Lipinski definition) is 5. The molecular weight excluding hydrogens is 296 g/mol. The van der Waals surface area contributed by atoms with Gasteiger partial charge in [0.15, 0.2) is 9.84 Å². The first-order valence-electron chi connectivity index (χ1n) is 6.24. The van der Waals surface area contributed by atoms with E-state index in [0.717, 1.165) is 11.8 Å². The molecule has 1 amide bonds. The van der Waals surface area contributed by atoms with Gasteiger partial charge in [0.2, 0.25) is 5.91 Å². The Morgan fingerprint density at radius 1 is 1.29 bits per heavy atom. The number of nitrogens with one attached hydrogen (secondary N) is 1. The summed E-state index contributed by atoms with van der Waals surface area (Å²) in [5.41, 5.74) is 6.04. The van der Waals surface area contributed by atoms with Gasteiger partial charge < -0.3 is 16.2 Å². The van der Waals surface area contributed by atoms with Crippen molar-refractivity contribution in [2.75, 3.05) is 6.26 Å². The Balaban J connectivity index is 2.45. The van der Waals surface area contributed by atoms with Crippen molar-refractivity contribution in [1.29, 1.82) is 0 Å². The number of amides is 1. The molecule has 0 fully saturated rings. The lowest BCUT2D eigenvalue weighted by atomic mass is 10.1. The van der Waals surface area contributed by atoms with Crippen molar-refractivity contribution in [3.05, 3.63) is 29.8 Å². The van der Waals surface area contributed by atoms with Crippen LogP contribution in [0.1, 0.15) is 18.4 Å². The van der Waals surface area contributed by atoms with E-state index in [4.69, 9.17) is 10.8 Å². The monoisotopic (exact) mass is 314 g/mol. The average Bonchev–Trinajstić information content (AvgIpc) is 2.41. The van der Waals surface area contributed by atoms with Crippen LogP contribution in [0.3, 0.4) is 0 Å². The number of sulfone groups is 1. The minimum Gasteiger partial charge on any atom is -0.480 e. The number of carbonyl (C=O) groups excluding carboxylic acids is 1. The Morgan fingerprint density at radius 2 is 1.86 bits per heavy atom. The van der Waals surface area contributed by atoms with Gasteiger partial charge in [-0.25, -0.2) is 8.42 Å². The highest BCUT2D eigenvalue weighted by atomic mass is 32.2. The number of hydrogen-bond donors (Lipinski definition) is 3. The van der Waals surface area contributed by atoms with Crippen molar-refractivity contribution in [3.63, 3.8) is 0 Å². The van der Waals surface area contributed by atoms with E-state index in [9.17, 15) is 18.0 Å². The van der Waals surface area contributed by atoms with Crippen LogP contribution in [0.15, 0.2) is 29.2 Å². The van der Waals surface area contributed by atoms with Gasteiger partial charge in [0.1, 0.15) is 6.04 Å². The molecule has 0 heterocycles. The number of carbonyl (C=O) groups is 2. The van der Waals surface area contributed by atoms with E-state index < -0.39 is 21.8 Å². The molecule has 0 aliphatic carbocycles. The van der Waals surface area contributed by atoms with Crippen LogP contribution in [-0.2, 0) is 26.0 Å². The maximum absolute atomic E-state index is 11.5. The van der Waals surface area contributed by atoms with Crippen LogP contribution >= 0.6 is 0 Å². The SMILES string of the molecule is CS(=O)(=O)c1ccc(CNC(=O)CCC(N)C(=O)O)cc1. The molecule has 1 unspecified atom stereocenters. The molecule has 0 aliphatic heterocycles. The Morgan fingerprint density at radius 3 is 2.33 bits per heavy atom. The number of benzene rings is 1. The summed E-state index contributed by atoms with van der Waals surface area (Å²) in [6.07, 6.45) is 1.21. The van der Waals surface area contributed by atoms with Crippen LogP contribution < -0.4 is 11.1 Å². The van der Waals surface area contributed by atoms with Crippen molar-refractivity contribution in [2.24, 2.45) is 5.73 Å². The third kappa shape index (κ3) is 5.92. The van der Waals surface area contributed by atoms with Crippen molar-refractivity contribution < 1.29 is 23.1 Å². The minimum atomic E-state index is -3.23. The first kappa shape index (κ1) is 17.1. The van der Waals surface area contributed by atoms with Crippen molar-refractivity contribution in [2.45, 2.75) is 30.3 Å². The van der Waals surface area contributed by atoms with Gasteiger partial charge >= 0.3 is 5.97 Å². The molecule has 0 bridgehead atoms. The maximum Gasteiger partial charge on any atom is 0.320 e. The van der Waals surface area contributed by atoms with Crippen LogP contribution in [-0.4, -0.2) is 37.7 Å². The third-order valence-electron chi connectivity index (χ3n) is 2.84. The second-order valence-electron chi connectivity index (χ2n) is 4.68. The average molecular weight is 314 g/mol. The molecule has 8 heteroatoms. The normalized spacial score (nSPS) is 12.7. The molecular formula is C13H18N2O5S. The topological polar surface area (TPSA) is 127 Å². The van der Waals surface area contributed by atoms with Gasteiger partial charge in [0.25, 0.3) is 0 Å². The Hall–Kier alpha value is -1.93. The first-order chi connectivity index (χ1) is 9.70. The zero-order chi connectivity index (χ0) is 16.0. The second kappa shape index (κ2) is 7.19. The first-order valence-corrected chi connectivity index (χ1v) is 8.13. The highest BCUT2D eigenvalue weighted by molar-refractivity contribution is 7.90. The van der Waals surface area contributed by atoms with Gasteiger partial charge in [-0.3, -0.25) is 9.59 Å². The Labute approximate surface area is 123 Å². The summed E-state index contributed by atoms with van der Waals surface area (Å²) >= 11 is 0. The highest BCUT2D eigenvalue weighted by Gasteiger charge is 2.13. The number of carboxylic acids is 1. The molecule has 4 N–H and O–H groups in total. The van der Waals surface area contributed by atoms with Gasteiger partial charge in [0.05, 0.1) is 4.90 Å². The van der Waals surface area contributed by atoms with Crippen molar-refractivity contribution >= 4 is 21.7 Å². The third-order valence-corrected chi connectivity index (χ3v) is 3.97. The molecule has 1 rings (SSSR count). The van der Waals surface area contributed by atoms with E-state index in [1.165, 1.54) is 12.1 Å². The Bertz CT molecular complexity index is 610. The lowest BCUT2D eigenvalue weighted by Gasteiger charge is -2.08. The van der Waals surface area contributed by atoms with Gasteiger partial charge in [-0.05, 0) is 24.1 Å². The van der Waals surface area contributed by atoms with Crippen molar-refractivity contribution in [1.82, 2.24) is 5.32 Å². The van der Waals surface area contributed by atoms with Gasteiger partial charge in [0, 0.05) is 19.2 Å². The summed E-state index contributed by atoms with van der Waals surface area (Å²) in [6.45, 7) is 0.241. The smallest absolute Gasteiger partial charge is 0.320 e. The summed E-state index contributed by atoms with van der Waals surface area (Å²) in [6, 6.07) is 5.11. The van der Waals surface area contributed by atoms with Gasteiger partial charge in [-0.15, -0.1) is 0 Å². The Kier molecular flexibility index (Phi) is 5.86. The van der Waals surface area contributed by atoms with Gasteiger partial charge in [-0.2, -0.15) is 0 Å². The zero-order valence-corrected chi connectivity index (χ0v) is 12.4. The minimum absolute atomic E-state index is 0.0227. The van der Waals surface area contributed by atoms with E-state index in [0.29, 0.717) is 0 Å². The predicted molar refractivity (Wildman–Crippen MR) is 76.2 cm³/mol. The lowest BCUT2D eigenvalue weighted by molar-refractivity contribution is -0.138. The fourth-order valence-electron chi connectivity index (χ4n) is 1.55. The lowest BCUT2D eigenvalue weighted by Crippen LogP contribution is -2.32. The summed E-state index contributed by atoms with van der Waals surface area (Å²) < 4.78 is 22.6. The molecule has 116 valence electrons. The van der Waals surface area contributed by atoms with E-state index in [1.54, 1.807) is 12.1 Å². The van der Waals surface area contributed by atoms with E-state index >= 15 is 0 Å². The molecule has 1 aromatic carbocycles. The van der Waals surface area contributed by atoms with Crippen molar-refractivity contribution in [3.8, 4) is 0 Å². The fraction of sp³-hybridized carbons (Fsp3) is 0.385. The molecule has 0 aromatic heterocycles. The number of carboxylic acid groups (broad SMARTS) is 1. The highest BCUT2D eigenvalue weighted by Crippen LogP contribution is 2.10. The summed E-state index contributed by atoms with van der Waals surface area (Å²) in [5, 5.41) is 11.2. The van der Waals surface area contributed by atoms with Crippen LogP contribution in [0.2, 0.25) is 0 Å². The zero-order valence-electron chi connectivity index (χ0n) is 11.6. The number of aliphatic carboxylic acids is 1. The van der Waals surface area contributed by atoms with E-state index in [-0.39, 0.29) is 30.2 Å². The molecule has 1 aromatic rings. The van der Waals surface area contributed by atoms with Gasteiger partial charge in [-0.1, -0.05) is 12.1 Å². The maximum atomic E-state index is 11.5. The fourth-order valence-corrected chi connectivity index (χ4v) is 2.18. The molecule has 0 saturated heterocycles. The molecule has 7 nitrogen and oxygen atoms in total. The predicted octanol–water partition coefficient (Wildman–Crippen LogP) is -0.102. The molecule has 1 atom stereocenters. The quantitative estimate of drug-likeness (QED) is 0.645. The number of nitrogens with two attached hydrogens (primary N) is 1. The van der Waals surface area contributed by atoms with Crippen LogP contribution in [0.25, 0.3) is 0 Å².